The first-order valence-electron chi connectivity index (χ1n) is 7.03. The average molecular weight is 300 g/mol. The second-order valence-corrected chi connectivity index (χ2v) is 6.09. The molecule has 0 saturated heterocycles. The van der Waals surface area contributed by atoms with Crippen LogP contribution in [-0.2, 0) is 0 Å². The van der Waals surface area contributed by atoms with Gasteiger partial charge in [-0.05, 0) is 24.3 Å². The van der Waals surface area contributed by atoms with Crippen molar-refractivity contribution in [1.29, 1.82) is 5.26 Å². The molecule has 0 aliphatic rings. The average Bonchev–Trinajstić information content (AvgIpc) is 2.96. The van der Waals surface area contributed by atoms with Crippen LogP contribution in [0.5, 0.6) is 0 Å². The van der Waals surface area contributed by atoms with Crippen LogP contribution in [0.3, 0.4) is 0 Å². The minimum atomic E-state index is 0.740. The van der Waals surface area contributed by atoms with Crippen molar-refractivity contribution < 1.29 is 0 Å². The molecule has 0 fully saturated rings. The Morgan fingerprint density at radius 3 is 2.27 bits per heavy atom. The van der Waals surface area contributed by atoms with E-state index in [1.54, 1.807) is 11.3 Å². The minimum Gasteiger partial charge on any atom is -0.354 e. The smallest absolute Gasteiger partial charge is 0.101 e. The summed E-state index contributed by atoms with van der Waals surface area (Å²) < 4.78 is 2.24. The van der Waals surface area contributed by atoms with Gasteiger partial charge in [-0.3, -0.25) is 0 Å². The predicted octanol–water partition coefficient (Wildman–Crippen LogP) is 5.67. The number of anilines is 2. The molecule has 0 aliphatic carbocycles. The third-order valence-electron chi connectivity index (χ3n) is 3.70. The number of nitrogens with zero attached hydrogens (tertiary/aromatic N) is 1. The van der Waals surface area contributed by atoms with E-state index in [0.29, 0.717) is 0 Å². The van der Waals surface area contributed by atoms with Crippen molar-refractivity contribution in [2.24, 2.45) is 0 Å². The summed E-state index contributed by atoms with van der Waals surface area (Å²) in [4.78, 5) is 0. The Morgan fingerprint density at radius 2 is 1.50 bits per heavy atom. The van der Waals surface area contributed by atoms with Crippen LogP contribution in [0.25, 0.3) is 20.2 Å². The third-order valence-corrected chi connectivity index (χ3v) is 4.99. The Kier molecular flexibility index (Phi) is 3.03. The van der Waals surface area contributed by atoms with Gasteiger partial charge < -0.3 is 5.32 Å². The maximum absolute atomic E-state index is 9.31. The molecule has 4 rings (SSSR count). The summed E-state index contributed by atoms with van der Waals surface area (Å²) in [5, 5.41) is 15.1. The predicted molar refractivity (Wildman–Crippen MR) is 93.8 cm³/mol. The fourth-order valence-corrected chi connectivity index (χ4v) is 3.92. The zero-order valence-electron chi connectivity index (χ0n) is 11.7. The molecular weight excluding hydrogens is 288 g/mol. The van der Waals surface area contributed by atoms with Crippen molar-refractivity contribution in [2.45, 2.75) is 0 Å². The Hall–Kier alpha value is -2.83. The van der Waals surface area contributed by atoms with Gasteiger partial charge in [-0.25, -0.2) is 0 Å². The van der Waals surface area contributed by atoms with E-state index >= 15 is 0 Å². The Morgan fingerprint density at radius 1 is 0.773 bits per heavy atom. The van der Waals surface area contributed by atoms with Crippen molar-refractivity contribution in [3.05, 3.63) is 72.3 Å². The fourth-order valence-electron chi connectivity index (χ4n) is 2.68. The fraction of sp³-hybridized carbons (Fsp3) is 0. The van der Waals surface area contributed by atoms with Gasteiger partial charge in [0.2, 0.25) is 0 Å². The summed E-state index contributed by atoms with van der Waals surface area (Å²) in [5.74, 6) is 0. The summed E-state index contributed by atoms with van der Waals surface area (Å²) >= 11 is 1.67. The van der Waals surface area contributed by atoms with Gasteiger partial charge in [-0.1, -0.05) is 42.5 Å². The molecule has 0 bridgehead atoms. The van der Waals surface area contributed by atoms with E-state index in [4.69, 9.17) is 0 Å². The lowest BCUT2D eigenvalue weighted by Gasteiger charge is -2.07. The number of hydrogen-bond acceptors (Lipinski definition) is 3. The Balaban J connectivity index is 1.95. The summed E-state index contributed by atoms with van der Waals surface area (Å²) in [5.41, 5.74) is 2.88. The van der Waals surface area contributed by atoms with Crippen LogP contribution in [-0.4, -0.2) is 0 Å². The van der Waals surface area contributed by atoms with Crippen LogP contribution < -0.4 is 5.32 Å². The molecule has 0 unspecified atom stereocenters. The van der Waals surface area contributed by atoms with Crippen molar-refractivity contribution in [3.8, 4) is 6.07 Å². The Labute approximate surface area is 132 Å². The van der Waals surface area contributed by atoms with Crippen LogP contribution in [0, 0.1) is 11.3 Å². The molecule has 0 saturated carbocycles. The second kappa shape index (κ2) is 5.18. The molecule has 22 heavy (non-hydrogen) atoms. The molecule has 1 N–H and O–H groups in total. The molecule has 1 aromatic heterocycles. The van der Waals surface area contributed by atoms with E-state index in [-0.39, 0.29) is 0 Å². The molecule has 104 valence electrons. The number of benzene rings is 3. The van der Waals surface area contributed by atoms with Crippen LogP contribution >= 0.6 is 11.3 Å². The van der Waals surface area contributed by atoms with Gasteiger partial charge >= 0.3 is 0 Å². The molecule has 1 heterocycles. The lowest BCUT2D eigenvalue weighted by atomic mass is 10.1. The highest BCUT2D eigenvalue weighted by atomic mass is 32.1. The first kappa shape index (κ1) is 12.9. The van der Waals surface area contributed by atoms with Gasteiger partial charge in [0.1, 0.15) is 6.07 Å². The first-order valence-corrected chi connectivity index (χ1v) is 7.85. The number of rotatable bonds is 2. The van der Waals surface area contributed by atoms with Crippen molar-refractivity contribution >= 4 is 42.9 Å². The summed E-state index contributed by atoms with van der Waals surface area (Å²) in [6.45, 7) is 0. The third kappa shape index (κ3) is 2.02. The summed E-state index contributed by atoms with van der Waals surface area (Å²) in [7, 11) is 0. The standard InChI is InChI=1S/C19H12N2S/c20-12-13-6-4-9-15-16-10-5-11-17(19(16)22-18(13)15)21-14-7-2-1-3-8-14/h1-11,21H. The van der Waals surface area contributed by atoms with E-state index < -0.39 is 0 Å². The minimum absolute atomic E-state index is 0.740. The zero-order valence-corrected chi connectivity index (χ0v) is 12.5. The molecule has 0 radical (unpaired) electrons. The first-order chi connectivity index (χ1) is 10.9. The van der Waals surface area contributed by atoms with Gasteiger partial charge in [-0.15, -0.1) is 11.3 Å². The topological polar surface area (TPSA) is 35.8 Å². The van der Waals surface area contributed by atoms with E-state index in [2.05, 4.69) is 35.7 Å². The molecule has 2 nitrogen and oxygen atoms in total. The Bertz CT molecular complexity index is 1010. The highest BCUT2D eigenvalue weighted by molar-refractivity contribution is 7.26. The van der Waals surface area contributed by atoms with Gasteiger partial charge in [0.15, 0.2) is 0 Å². The number of thiophene rings is 1. The maximum Gasteiger partial charge on any atom is 0.101 e. The molecule has 0 atom stereocenters. The molecule has 3 aromatic carbocycles. The van der Waals surface area contributed by atoms with Crippen LogP contribution in [0.4, 0.5) is 11.4 Å². The molecule has 3 heteroatoms. The van der Waals surface area contributed by atoms with Crippen molar-refractivity contribution in [3.63, 3.8) is 0 Å². The number of hydrogen-bond donors (Lipinski definition) is 1. The van der Waals surface area contributed by atoms with Gasteiger partial charge in [0.05, 0.1) is 20.7 Å². The highest BCUT2D eigenvalue weighted by Crippen LogP contribution is 2.40. The lowest BCUT2D eigenvalue weighted by Crippen LogP contribution is -1.89. The van der Waals surface area contributed by atoms with E-state index in [1.165, 1.54) is 10.1 Å². The van der Waals surface area contributed by atoms with Gasteiger partial charge in [0, 0.05) is 16.5 Å². The molecule has 0 spiro atoms. The summed E-state index contributed by atoms with van der Waals surface area (Å²) in [6, 6.07) is 24.6. The normalized spacial score (nSPS) is 10.7. The molecular formula is C19H12N2S. The van der Waals surface area contributed by atoms with E-state index in [0.717, 1.165) is 27.0 Å². The van der Waals surface area contributed by atoms with Crippen LogP contribution in [0.15, 0.2) is 66.7 Å². The maximum atomic E-state index is 9.31. The van der Waals surface area contributed by atoms with E-state index in [9.17, 15) is 5.26 Å². The quantitative estimate of drug-likeness (QED) is 0.517. The zero-order chi connectivity index (χ0) is 14.9. The lowest BCUT2D eigenvalue weighted by molar-refractivity contribution is 1.51. The van der Waals surface area contributed by atoms with Gasteiger partial charge in [0.25, 0.3) is 0 Å². The number of para-hydroxylation sites is 1. The van der Waals surface area contributed by atoms with Gasteiger partial charge in [-0.2, -0.15) is 5.26 Å². The second-order valence-electron chi connectivity index (χ2n) is 5.07. The largest absolute Gasteiger partial charge is 0.354 e. The van der Waals surface area contributed by atoms with Crippen LogP contribution in [0.1, 0.15) is 5.56 Å². The molecule has 0 aliphatic heterocycles. The number of nitrogens with one attached hydrogen (secondary N) is 1. The SMILES string of the molecule is N#Cc1cccc2c1sc1c(Nc3ccccc3)cccc12. The summed E-state index contributed by atoms with van der Waals surface area (Å²) in [6.07, 6.45) is 0. The number of nitriles is 1. The number of fused-ring (bicyclic) bond motifs is 3. The van der Waals surface area contributed by atoms with Crippen molar-refractivity contribution in [2.75, 3.05) is 5.32 Å². The molecule has 4 aromatic rings. The highest BCUT2D eigenvalue weighted by Gasteiger charge is 2.11. The molecule has 0 amide bonds. The van der Waals surface area contributed by atoms with Crippen molar-refractivity contribution in [1.82, 2.24) is 0 Å². The monoisotopic (exact) mass is 300 g/mol. The van der Waals surface area contributed by atoms with Crippen LogP contribution in [0.2, 0.25) is 0 Å². The van der Waals surface area contributed by atoms with E-state index in [1.807, 2.05) is 42.5 Å².